The lowest BCUT2D eigenvalue weighted by Gasteiger charge is -2.18. The van der Waals surface area contributed by atoms with E-state index in [0.29, 0.717) is 18.4 Å². The van der Waals surface area contributed by atoms with Gasteiger partial charge in [0.2, 0.25) is 0 Å². The fourth-order valence-corrected chi connectivity index (χ4v) is 1.82. The molecule has 0 N–H and O–H groups in total. The van der Waals surface area contributed by atoms with Crippen LogP contribution in [0.15, 0.2) is 18.2 Å². The Kier molecular flexibility index (Phi) is 2.72. The number of hydrogen-bond donors (Lipinski definition) is 0. The average Bonchev–Trinajstić information content (AvgIpc) is 2.99. The third-order valence-electron chi connectivity index (χ3n) is 3.06. The second-order valence-corrected chi connectivity index (χ2v) is 4.83. The van der Waals surface area contributed by atoms with Crippen LogP contribution in [0.4, 0.5) is 13.2 Å². The molecule has 0 radical (unpaired) electrons. The predicted octanol–water partition coefficient (Wildman–Crippen LogP) is 4.45. The largest absolute Gasteiger partial charge is 0.276 e. The van der Waals surface area contributed by atoms with Gasteiger partial charge in [0.1, 0.15) is 5.82 Å². The standard InChI is InChI=1S/C13H15F3/c1-8(2)9-5-11(7-12(14)6-9)13(15,16)10-3-4-10/h5-8,10H,3-4H2,1-2H3. The predicted molar refractivity (Wildman–Crippen MR) is 57.1 cm³/mol. The monoisotopic (exact) mass is 228 g/mol. The van der Waals surface area contributed by atoms with Crippen LogP contribution in [0, 0.1) is 11.7 Å². The van der Waals surface area contributed by atoms with Gasteiger partial charge < -0.3 is 0 Å². The van der Waals surface area contributed by atoms with Crippen LogP contribution in [0.3, 0.4) is 0 Å². The molecule has 0 saturated heterocycles. The summed E-state index contributed by atoms with van der Waals surface area (Å²) in [6.07, 6.45) is 1.08. The van der Waals surface area contributed by atoms with Crippen molar-refractivity contribution in [2.45, 2.75) is 38.5 Å². The van der Waals surface area contributed by atoms with E-state index < -0.39 is 17.7 Å². The molecule has 3 heteroatoms. The van der Waals surface area contributed by atoms with Crippen molar-refractivity contribution < 1.29 is 13.2 Å². The summed E-state index contributed by atoms with van der Waals surface area (Å²) in [4.78, 5) is 0. The van der Waals surface area contributed by atoms with Gasteiger partial charge in [-0.15, -0.1) is 0 Å². The highest BCUT2D eigenvalue weighted by Gasteiger charge is 2.48. The smallest absolute Gasteiger partial charge is 0.207 e. The average molecular weight is 228 g/mol. The Hall–Kier alpha value is -0.990. The van der Waals surface area contributed by atoms with Crippen molar-refractivity contribution in [3.63, 3.8) is 0 Å². The molecule has 1 fully saturated rings. The molecule has 0 nitrogen and oxygen atoms in total. The van der Waals surface area contributed by atoms with E-state index in [1.54, 1.807) is 0 Å². The maximum absolute atomic E-state index is 13.8. The van der Waals surface area contributed by atoms with Crippen LogP contribution in [0.1, 0.15) is 43.7 Å². The number of halogens is 3. The normalized spacial score (nSPS) is 16.9. The molecule has 2 rings (SSSR count). The molecule has 0 atom stereocenters. The summed E-state index contributed by atoms with van der Waals surface area (Å²) < 4.78 is 40.9. The van der Waals surface area contributed by atoms with Gasteiger partial charge >= 0.3 is 0 Å². The van der Waals surface area contributed by atoms with E-state index >= 15 is 0 Å². The van der Waals surface area contributed by atoms with Gasteiger partial charge in [-0.1, -0.05) is 13.8 Å². The third kappa shape index (κ3) is 2.08. The minimum atomic E-state index is -2.87. The van der Waals surface area contributed by atoms with Crippen molar-refractivity contribution in [1.29, 1.82) is 0 Å². The van der Waals surface area contributed by atoms with Gasteiger partial charge in [-0.25, -0.2) is 13.2 Å². The Bertz CT molecular complexity index is 392. The molecule has 16 heavy (non-hydrogen) atoms. The number of rotatable bonds is 3. The Morgan fingerprint density at radius 3 is 2.31 bits per heavy atom. The molecule has 1 saturated carbocycles. The van der Waals surface area contributed by atoms with Crippen LogP contribution >= 0.6 is 0 Å². The molecule has 0 unspecified atom stereocenters. The highest BCUT2D eigenvalue weighted by atomic mass is 19.3. The molecular formula is C13H15F3. The van der Waals surface area contributed by atoms with Gasteiger partial charge in [0.05, 0.1) is 0 Å². The zero-order chi connectivity index (χ0) is 11.9. The Morgan fingerprint density at radius 2 is 1.81 bits per heavy atom. The van der Waals surface area contributed by atoms with Gasteiger partial charge in [-0.2, -0.15) is 0 Å². The number of benzene rings is 1. The molecule has 88 valence electrons. The fourth-order valence-electron chi connectivity index (χ4n) is 1.82. The Labute approximate surface area is 93.5 Å². The molecule has 0 aliphatic heterocycles. The van der Waals surface area contributed by atoms with Crippen LogP contribution in [0.2, 0.25) is 0 Å². The lowest BCUT2D eigenvalue weighted by atomic mass is 9.96. The summed E-state index contributed by atoms with van der Waals surface area (Å²) in [6, 6.07) is 3.73. The topological polar surface area (TPSA) is 0 Å². The van der Waals surface area contributed by atoms with Gasteiger partial charge in [0.25, 0.3) is 5.92 Å². The number of alkyl halides is 2. The highest BCUT2D eigenvalue weighted by molar-refractivity contribution is 5.31. The fraction of sp³-hybridized carbons (Fsp3) is 0.538. The summed E-state index contributed by atoms with van der Waals surface area (Å²) in [5.74, 6) is -3.97. The van der Waals surface area contributed by atoms with E-state index in [9.17, 15) is 13.2 Å². The molecule has 1 aliphatic carbocycles. The molecule has 1 aliphatic rings. The van der Waals surface area contributed by atoms with Crippen molar-refractivity contribution in [3.05, 3.63) is 35.1 Å². The summed E-state index contributed by atoms with van der Waals surface area (Å²) in [5.41, 5.74) is 0.467. The summed E-state index contributed by atoms with van der Waals surface area (Å²) >= 11 is 0. The molecule has 1 aromatic rings. The first kappa shape index (κ1) is 11.5. The zero-order valence-corrected chi connectivity index (χ0v) is 9.43. The lowest BCUT2D eigenvalue weighted by Crippen LogP contribution is -2.16. The van der Waals surface area contributed by atoms with Gasteiger partial charge in [-0.05, 0) is 42.5 Å². The van der Waals surface area contributed by atoms with Crippen molar-refractivity contribution in [2.24, 2.45) is 5.92 Å². The van der Waals surface area contributed by atoms with E-state index in [0.717, 1.165) is 6.07 Å². The third-order valence-corrected chi connectivity index (χ3v) is 3.06. The van der Waals surface area contributed by atoms with Crippen LogP contribution in [0.5, 0.6) is 0 Å². The van der Waals surface area contributed by atoms with E-state index in [1.165, 1.54) is 12.1 Å². The molecular weight excluding hydrogens is 213 g/mol. The van der Waals surface area contributed by atoms with Crippen LogP contribution < -0.4 is 0 Å². The van der Waals surface area contributed by atoms with Crippen LogP contribution in [-0.4, -0.2) is 0 Å². The minimum Gasteiger partial charge on any atom is -0.207 e. The van der Waals surface area contributed by atoms with Gasteiger partial charge in [0.15, 0.2) is 0 Å². The summed E-state index contributed by atoms with van der Waals surface area (Å²) in [7, 11) is 0. The van der Waals surface area contributed by atoms with E-state index in [-0.39, 0.29) is 11.5 Å². The van der Waals surface area contributed by atoms with Crippen LogP contribution in [-0.2, 0) is 5.92 Å². The second kappa shape index (κ2) is 3.79. The Morgan fingerprint density at radius 1 is 1.19 bits per heavy atom. The van der Waals surface area contributed by atoms with E-state index in [4.69, 9.17) is 0 Å². The molecule has 0 amide bonds. The SMILES string of the molecule is CC(C)c1cc(F)cc(C(F)(F)C2CC2)c1. The molecule has 0 spiro atoms. The van der Waals surface area contributed by atoms with Gasteiger partial charge in [0, 0.05) is 11.5 Å². The van der Waals surface area contributed by atoms with Crippen molar-refractivity contribution in [2.75, 3.05) is 0 Å². The lowest BCUT2D eigenvalue weighted by molar-refractivity contribution is -0.0288. The molecule has 0 aromatic heterocycles. The maximum Gasteiger partial charge on any atom is 0.276 e. The van der Waals surface area contributed by atoms with Crippen molar-refractivity contribution >= 4 is 0 Å². The summed E-state index contributed by atoms with van der Waals surface area (Å²) in [5, 5.41) is 0. The van der Waals surface area contributed by atoms with Crippen molar-refractivity contribution in [1.82, 2.24) is 0 Å². The van der Waals surface area contributed by atoms with E-state index in [1.807, 2.05) is 13.8 Å². The molecule has 1 aromatic carbocycles. The van der Waals surface area contributed by atoms with E-state index in [2.05, 4.69) is 0 Å². The molecule has 0 bridgehead atoms. The Balaban J connectivity index is 2.40. The zero-order valence-electron chi connectivity index (χ0n) is 9.43. The van der Waals surface area contributed by atoms with Gasteiger partial charge in [-0.3, -0.25) is 0 Å². The van der Waals surface area contributed by atoms with Crippen molar-refractivity contribution in [3.8, 4) is 0 Å². The summed E-state index contributed by atoms with van der Waals surface area (Å²) in [6.45, 7) is 3.74. The van der Waals surface area contributed by atoms with Crippen LogP contribution in [0.25, 0.3) is 0 Å². The quantitative estimate of drug-likeness (QED) is 0.717. The second-order valence-electron chi connectivity index (χ2n) is 4.83. The molecule has 0 heterocycles. The highest BCUT2D eigenvalue weighted by Crippen LogP contribution is 2.50. The first-order valence-corrected chi connectivity index (χ1v) is 5.60. The minimum absolute atomic E-state index is 0.0597. The maximum atomic E-state index is 13.8. The first-order valence-electron chi connectivity index (χ1n) is 5.60. The first-order chi connectivity index (χ1) is 7.41. The number of hydrogen-bond acceptors (Lipinski definition) is 0.